The smallest absolute Gasteiger partial charge is 0.189 e. The maximum atomic E-state index is 12.4. The van der Waals surface area contributed by atoms with Gasteiger partial charge in [-0.15, -0.1) is 0 Å². The minimum absolute atomic E-state index is 0.0935. The minimum atomic E-state index is -0.836. The first kappa shape index (κ1) is 18.3. The van der Waals surface area contributed by atoms with Gasteiger partial charge in [-0.3, -0.25) is 14.4 Å². The molecule has 0 aromatic heterocycles. The minimum Gasteiger partial charge on any atom is -0.507 e. The molecule has 1 aliphatic heterocycles. The number of rotatable bonds is 5. The Balaban J connectivity index is 1.77. The molecule has 1 atom stereocenters. The van der Waals surface area contributed by atoms with Gasteiger partial charge in [0.25, 0.3) is 0 Å². The van der Waals surface area contributed by atoms with Crippen LogP contribution in [0.3, 0.4) is 0 Å². The lowest BCUT2D eigenvalue weighted by atomic mass is 9.98. The van der Waals surface area contributed by atoms with Gasteiger partial charge in [-0.1, -0.05) is 24.3 Å². The molecule has 1 unspecified atom stereocenters. The number of aromatic hydroxyl groups is 2. The van der Waals surface area contributed by atoms with Crippen molar-refractivity contribution < 1.29 is 29.3 Å². The maximum Gasteiger partial charge on any atom is 0.189 e. The molecule has 6 nitrogen and oxygen atoms in total. The van der Waals surface area contributed by atoms with Crippen LogP contribution >= 0.6 is 0 Å². The van der Waals surface area contributed by atoms with E-state index in [0.29, 0.717) is 29.3 Å². The number of phenols is 2. The molecule has 6 heteroatoms. The third-order valence-electron chi connectivity index (χ3n) is 4.15. The largest absolute Gasteiger partial charge is 0.507 e. The summed E-state index contributed by atoms with van der Waals surface area (Å²) >= 11 is 0. The standard InChI is InChI=1S/C21H16O6/c22-10-16-7-13(3-5-18(16)24)1-2-14-8-20(26)21(27-12-14)15-4-6-19(25)17(9-15)11-23/h1-11,21,24-25H,12H2. The van der Waals surface area contributed by atoms with Crippen molar-refractivity contribution >= 4 is 24.4 Å². The number of ketones is 1. The van der Waals surface area contributed by atoms with E-state index in [1.165, 1.54) is 36.4 Å². The highest BCUT2D eigenvalue weighted by molar-refractivity contribution is 5.96. The van der Waals surface area contributed by atoms with Gasteiger partial charge in [-0.2, -0.15) is 0 Å². The van der Waals surface area contributed by atoms with Crippen LogP contribution in [0.25, 0.3) is 6.08 Å². The molecule has 2 aromatic carbocycles. The monoisotopic (exact) mass is 364 g/mol. The Morgan fingerprint density at radius 3 is 2.26 bits per heavy atom. The van der Waals surface area contributed by atoms with Crippen LogP contribution in [0.5, 0.6) is 11.5 Å². The van der Waals surface area contributed by atoms with E-state index in [1.54, 1.807) is 18.2 Å². The van der Waals surface area contributed by atoms with Gasteiger partial charge < -0.3 is 14.9 Å². The first-order valence-electron chi connectivity index (χ1n) is 8.12. The molecule has 0 fully saturated rings. The summed E-state index contributed by atoms with van der Waals surface area (Å²) in [5.74, 6) is -0.522. The lowest BCUT2D eigenvalue weighted by molar-refractivity contribution is -0.126. The van der Waals surface area contributed by atoms with Crippen molar-refractivity contribution in [1.29, 1.82) is 0 Å². The number of carbonyl (C=O) groups is 3. The Bertz CT molecular complexity index is 971. The highest BCUT2D eigenvalue weighted by Gasteiger charge is 2.24. The maximum absolute atomic E-state index is 12.4. The summed E-state index contributed by atoms with van der Waals surface area (Å²) in [7, 11) is 0. The van der Waals surface area contributed by atoms with Crippen LogP contribution in [0.4, 0.5) is 0 Å². The average Bonchev–Trinajstić information content (AvgIpc) is 2.68. The second-order valence-electron chi connectivity index (χ2n) is 6.02. The van der Waals surface area contributed by atoms with E-state index in [0.717, 1.165) is 0 Å². The summed E-state index contributed by atoms with van der Waals surface area (Å²) in [6.45, 7) is 0.183. The lowest BCUT2D eigenvalue weighted by Crippen LogP contribution is -2.20. The predicted molar refractivity (Wildman–Crippen MR) is 97.8 cm³/mol. The van der Waals surface area contributed by atoms with E-state index >= 15 is 0 Å². The molecule has 0 bridgehead atoms. The number of benzene rings is 2. The molecule has 1 heterocycles. The number of phenolic OH excluding ortho intramolecular Hbond substituents is 2. The van der Waals surface area contributed by atoms with Crippen molar-refractivity contribution in [3.05, 3.63) is 76.4 Å². The fourth-order valence-electron chi connectivity index (χ4n) is 2.72. The number of aldehydes is 2. The quantitative estimate of drug-likeness (QED) is 0.791. The lowest BCUT2D eigenvalue weighted by Gasteiger charge is -2.21. The van der Waals surface area contributed by atoms with Crippen molar-refractivity contribution in [3.63, 3.8) is 0 Å². The molecular weight excluding hydrogens is 348 g/mol. The normalized spacial score (nSPS) is 17.0. The Morgan fingerprint density at radius 2 is 1.59 bits per heavy atom. The molecule has 136 valence electrons. The van der Waals surface area contributed by atoms with Crippen molar-refractivity contribution in [3.8, 4) is 11.5 Å². The molecule has 2 N–H and O–H groups in total. The van der Waals surface area contributed by atoms with Crippen LogP contribution in [0.1, 0.15) is 37.9 Å². The second-order valence-corrected chi connectivity index (χ2v) is 6.02. The van der Waals surface area contributed by atoms with Crippen LogP contribution < -0.4 is 0 Å². The van der Waals surface area contributed by atoms with Gasteiger partial charge in [0, 0.05) is 0 Å². The summed E-state index contributed by atoms with van der Waals surface area (Å²) in [6, 6.07) is 8.92. The van der Waals surface area contributed by atoms with Crippen molar-refractivity contribution in [2.45, 2.75) is 6.10 Å². The molecule has 0 radical (unpaired) electrons. The van der Waals surface area contributed by atoms with Crippen molar-refractivity contribution in [2.75, 3.05) is 6.61 Å². The zero-order valence-electron chi connectivity index (χ0n) is 14.2. The number of hydrogen-bond acceptors (Lipinski definition) is 6. The van der Waals surface area contributed by atoms with Gasteiger partial charge in [0.2, 0.25) is 0 Å². The number of ether oxygens (including phenoxy) is 1. The van der Waals surface area contributed by atoms with Crippen LogP contribution in [-0.2, 0) is 9.53 Å². The number of carbonyl (C=O) groups excluding carboxylic acids is 3. The summed E-state index contributed by atoms with van der Waals surface area (Å²) in [6.07, 6.45) is 5.11. The zero-order valence-corrected chi connectivity index (χ0v) is 14.2. The third-order valence-corrected chi connectivity index (χ3v) is 4.15. The fraction of sp³-hybridized carbons (Fsp3) is 0.0952. The van der Waals surface area contributed by atoms with Gasteiger partial charge in [-0.05, 0) is 47.0 Å². The highest BCUT2D eigenvalue weighted by Crippen LogP contribution is 2.28. The molecule has 3 rings (SSSR count). The second kappa shape index (κ2) is 7.80. The van der Waals surface area contributed by atoms with E-state index < -0.39 is 6.10 Å². The summed E-state index contributed by atoms with van der Waals surface area (Å²) in [5.41, 5.74) is 2.11. The Hall–Kier alpha value is -3.51. The topological polar surface area (TPSA) is 101 Å². The first-order chi connectivity index (χ1) is 13.0. The first-order valence-corrected chi connectivity index (χ1v) is 8.12. The van der Waals surface area contributed by atoms with Crippen molar-refractivity contribution in [1.82, 2.24) is 0 Å². The van der Waals surface area contributed by atoms with E-state index in [4.69, 9.17) is 4.74 Å². The van der Waals surface area contributed by atoms with Gasteiger partial charge in [0.15, 0.2) is 18.4 Å². The third kappa shape index (κ3) is 4.02. The van der Waals surface area contributed by atoms with E-state index in [2.05, 4.69) is 0 Å². The summed E-state index contributed by atoms with van der Waals surface area (Å²) in [4.78, 5) is 34.2. The Morgan fingerprint density at radius 1 is 0.926 bits per heavy atom. The molecule has 0 aliphatic carbocycles. The SMILES string of the molecule is O=Cc1cc(C=CC2=CC(=O)C(c3ccc(O)c(C=O)c3)OC2)ccc1O. The Kier molecular flexibility index (Phi) is 5.28. The highest BCUT2D eigenvalue weighted by atomic mass is 16.5. The van der Waals surface area contributed by atoms with Gasteiger partial charge in [0.1, 0.15) is 17.6 Å². The average molecular weight is 364 g/mol. The molecule has 27 heavy (non-hydrogen) atoms. The molecular formula is C21H16O6. The zero-order chi connectivity index (χ0) is 19.4. The van der Waals surface area contributed by atoms with Gasteiger partial charge in [-0.25, -0.2) is 0 Å². The predicted octanol–water partition coefficient (Wildman–Crippen LogP) is 3.00. The fourth-order valence-corrected chi connectivity index (χ4v) is 2.72. The molecule has 0 amide bonds. The van der Waals surface area contributed by atoms with Gasteiger partial charge >= 0.3 is 0 Å². The molecule has 1 aliphatic rings. The van der Waals surface area contributed by atoms with Crippen LogP contribution in [-0.4, -0.2) is 35.2 Å². The van der Waals surface area contributed by atoms with E-state index in [1.807, 2.05) is 0 Å². The van der Waals surface area contributed by atoms with E-state index in [9.17, 15) is 24.6 Å². The molecule has 0 saturated carbocycles. The molecule has 0 saturated heterocycles. The number of hydrogen-bond donors (Lipinski definition) is 2. The summed E-state index contributed by atoms with van der Waals surface area (Å²) in [5, 5.41) is 19.1. The molecule has 0 spiro atoms. The Labute approximate surface area is 155 Å². The van der Waals surface area contributed by atoms with Crippen LogP contribution in [0.2, 0.25) is 0 Å². The van der Waals surface area contributed by atoms with Crippen molar-refractivity contribution in [2.24, 2.45) is 0 Å². The van der Waals surface area contributed by atoms with E-state index in [-0.39, 0.29) is 35.0 Å². The van der Waals surface area contributed by atoms with Crippen LogP contribution in [0.15, 0.2) is 54.1 Å². The molecule has 2 aromatic rings. The van der Waals surface area contributed by atoms with Crippen LogP contribution in [0, 0.1) is 0 Å². The summed E-state index contributed by atoms with van der Waals surface area (Å²) < 4.78 is 5.62. The van der Waals surface area contributed by atoms with Gasteiger partial charge in [0.05, 0.1) is 17.7 Å².